The van der Waals surface area contributed by atoms with E-state index in [0.717, 1.165) is 79.7 Å². The highest BCUT2D eigenvalue weighted by Crippen LogP contribution is 2.49. The highest BCUT2D eigenvalue weighted by atomic mass is 15.3. The molecule has 2 aliphatic rings. The molecule has 4 heterocycles. The van der Waals surface area contributed by atoms with Gasteiger partial charge in [-0.1, -0.05) is 219 Å². The fraction of sp³-hybridized carbons (Fsp3) is 0.263. The Morgan fingerprint density at radius 3 is 1.11 bits per heavy atom. The Balaban J connectivity index is 1.14. The van der Waals surface area contributed by atoms with Gasteiger partial charge < -0.3 is 0 Å². The Kier molecular flexibility index (Phi) is 13.4. The van der Waals surface area contributed by atoms with Gasteiger partial charge in [0.1, 0.15) is 23.3 Å². The van der Waals surface area contributed by atoms with E-state index in [1.807, 2.05) is 0 Å². The van der Waals surface area contributed by atoms with Crippen molar-refractivity contribution in [3.05, 3.63) is 234 Å². The summed E-state index contributed by atoms with van der Waals surface area (Å²) in [6, 6.07) is 76.6. The zero-order valence-electron chi connectivity index (χ0n) is 51.4. The molecule has 83 heavy (non-hydrogen) atoms. The average Bonchev–Trinajstić information content (AvgIpc) is 3.64. The van der Waals surface area contributed by atoms with E-state index in [2.05, 4.69) is 330 Å². The third-order valence-corrected chi connectivity index (χ3v) is 17.0. The first-order valence-corrected chi connectivity index (χ1v) is 29.7. The van der Waals surface area contributed by atoms with Crippen LogP contribution in [0.4, 0.5) is 68.8 Å². The number of hydrogen-bond donors (Lipinski definition) is 0. The first kappa shape index (κ1) is 55.1. The Morgan fingerprint density at radius 1 is 0.337 bits per heavy atom. The number of fused-ring (bicyclic) bond motifs is 5. The minimum absolute atomic E-state index is 0.000189. The summed E-state index contributed by atoms with van der Waals surface area (Å²) in [6.45, 7) is 34.2. The lowest BCUT2D eigenvalue weighted by molar-refractivity contribution is 0.590. The van der Waals surface area contributed by atoms with E-state index >= 15 is 0 Å². The van der Waals surface area contributed by atoms with Crippen molar-refractivity contribution in [3.8, 4) is 0 Å². The Bertz CT molecular complexity index is 3980. The quantitative estimate of drug-likeness (QED) is 0.141. The summed E-state index contributed by atoms with van der Waals surface area (Å²) in [5, 5.41) is 2.42. The normalized spacial score (nSPS) is 13.4. The summed E-state index contributed by atoms with van der Waals surface area (Å²) in [5.41, 5.74) is 18.0. The molecule has 416 valence electrons. The molecule has 7 heteroatoms. The van der Waals surface area contributed by atoms with Gasteiger partial charge in [0.25, 0.3) is 6.71 Å². The maximum atomic E-state index is 6.05. The molecule has 0 fully saturated rings. The molecule has 10 aromatic rings. The zero-order chi connectivity index (χ0) is 58.5. The van der Waals surface area contributed by atoms with Gasteiger partial charge in [-0.05, 0) is 168 Å². The van der Waals surface area contributed by atoms with Crippen LogP contribution in [0.3, 0.4) is 0 Å². The summed E-state index contributed by atoms with van der Waals surface area (Å²) in [6.07, 6.45) is 0. The van der Waals surface area contributed by atoms with E-state index in [1.54, 1.807) is 0 Å². The fourth-order valence-corrected chi connectivity index (χ4v) is 12.3. The van der Waals surface area contributed by atoms with Gasteiger partial charge in [-0.3, -0.25) is 19.6 Å². The molecular formula is C76H79BN6. The topological polar surface area (TPSA) is 38.7 Å². The maximum Gasteiger partial charge on any atom is 0.256 e. The molecule has 0 atom stereocenters. The van der Waals surface area contributed by atoms with Crippen molar-refractivity contribution in [1.29, 1.82) is 0 Å². The smallest absolute Gasteiger partial charge is 0.256 e. The van der Waals surface area contributed by atoms with Crippen molar-refractivity contribution >= 4 is 103 Å². The Hall–Kier alpha value is -8.42. The minimum Gasteiger partial charge on any atom is -0.296 e. The number of para-hydroxylation sites is 2. The van der Waals surface area contributed by atoms with E-state index in [4.69, 9.17) is 9.97 Å². The lowest BCUT2D eigenvalue weighted by Crippen LogP contribution is -2.62. The minimum atomic E-state index is -0.223. The highest BCUT2D eigenvalue weighted by Gasteiger charge is 2.46. The van der Waals surface area contributed by atoms with Crippen LogP contribution < -0.4 is 36.0 Å². The van der Waals surface area contributed by atoms with Gasteiger partial charge >= 0.3 is 0 Å². The highest BCUT2D eigenvalue weighted by molar-refractivity contribution is 7.00. The molecule has 2 aliphatic heterocycles. The van der Waals surface area contributed by atoms with Crippen LogP contribution in [0.5, 0.6) is 0 Å². The summed E-state index contributed by atoms with van der Waals surface area (Å²) in [7, 11) is 0. The number of benzene rings is 8. The first-order chi connectivity index (χ1) is 39.3. The number of hydrogen-bond acceptors (Lipinski definition) is 6. The summed E-state index contributed by atoms with van der Waals surface area (Å²) < 4.78 is 0. The van der Waals surface area contributed by atoms with Crippen molar-refractivity contribution in [2.24, 2.45) is 0 Å². The molecule has 12 rings (SSSR count). The molecule has 0 saturated heterocycles. The third kappa shape index (κ3) is 10.1. The lowest BCUT2D eigenvalue weighted by Gasteiger charge is -2.44. The van der Waals surface area contributed by atoms with Gasteiger partial charge in [0, 0.05) is 45.2 Å². The van der Waals surface area contributed by atoms with Gasteiger partial charge in [0.15, 0.2) is 0 Å². The SMILES string of the molecule is CC(C)(C)c1ccc(N(c2ccc(C(C)(C)C)cc2)c2ccc3c(n2)N(c2ccccc2)c2cc(C(C)(C)C)cc4c2B3c2ccc(N(c3ccc(C(C)(C)C)cc3)c3ccc(C(C)(C)C)c5ccccc35)nc2N4c2ccccc2)cc1. The van der Waals surface area contributed by atoms with E-state index in [-0.39, 0.29) is 33.8 Å². The van der Waals surface area contributed by atoms with Crippen molar-refractivity contribution in [1.82, 2.24) is 9.97 Å². The van der Waals surface area contributed by atoms with Gasteiger partial charge in [-0.2, -0.15) is 0 Å². The third-order valence-electron chi connectivity index (χ3n) is 17.0. The second-order valence-electron chi connectivity index (χ2n) is 28.1. The molecule has 0 radical (unpaired) electrons. The van der Waals surface area contributed by atoms with Gasteiger partial charge in [0.2, 0.25) is 0 Å². The lowest BCUT2D eigenvalue weighted by atomic mass is 9.34. The predicted molar refractivity (Wildman–Crippen MR) is 356 cm³/mol. The Labute approximate surface area is 494 Å². The maximum absolute atomic E-state index is 6.05. The van der Waals surface area contributed by atoms with Crippen molar-refractivity contribution in [2.45, 2.75) is 131 Å². The van der Waals surface area contributed by atoms with Crippen molar-refractivity contribution < 1.29 is 0 Å². The zero-order valence-corrected chi connectivity index (χ0v) is 51.4. The number of rotatable bonds is 8. The van der Waals surface area contributed by atoms with Gasteiger partial charge in [0.05, 0.1) is 5.69 Å². The van der Waals surface area contributed by atoms with E-state index in [0.29, 0.717) is 0 Å². The van der Waals surface area contributed by atoms with Crippen LogP contribution in [-0.2, 0) is 27.1 Å². The van der Waals surface area contributed by atoms with E-state index in [1.165, 1.54) is 44.1 Å². The number of aromatic nitrogens is 2. The first-order valence-electron chi connectivity index (χ1n) is 29.7. The molecule has 0 aliphatic carbocycles. The van der Waals surface area contributed by atoms with Gasteiger partial charge in [-0.25, -0.2) is 9.97 Å². The predicted octanol–water partition coefficient (Wildman–Crippen LogP) is 19.1. The molecular weight excluding hydrogens is 1010 g/mol. The monoisotopic (exact) mass is 1090 g/mol. The molecule has 6 nitrogen and oxygen atoms in total. The van der Waals surface area contributed by atoms with Crippen LogP contribution in [0, 0.1) is 0 Å². The Morgan fingerprint density at radius 2 is 0.711 bits per heavy atom. The standard InChI is InChI=1S/C76H79BN6/c1-72(2,3)50-30-36-56(37-31-50)80(57-38-32-51(33-39-57)73(4,5)6)67-46-43-62-70(78-67)82(54-24-18-16-19-25-54)65-48-53(75(10,11)12)49-66-69(65)77(62)63-44-47-68(79-71(63)83(66)55-26-20-17-21-27-55)81(58-40-34-52(35-41-58)74(7,8)9)64-45-42-61(76(13,14)15)59-28-22-23-29-60(59)64/h16-49H,1-15H3. The second kappa shape index (κ2) is 20.2. The summed E-state index contributed by atoms with van der Waals surface area (Å²) in [4.78, 5) is 21.6. The molecule has 0 unspecified atom stereocenters. The van der Waals surface area contributed by atoms with E-state index < -0.39 is 0 Å². The molecule has 2 aromatic heterocycles. The summed E-state index contributed by atoms with van der Waals surface area (Å²) >= 11 is 0. The summed E-state index contributed by atoms with van der Waals surface area (Å²) in [5.74, 6) is 3.44. The molecule has 0 spiro atoms. The van der Waals surface area contributed by atoms with Crippen LogP contribution in [0.2, 0.25) is 0 Å². The average molecular weight is 1090 g/mol. The van der Waals surface area contributed by atoms with Crippen LogP contribution in [0.15, 0.2) is 206 Å². The molecule has 0 N–H and O–H groups in total. The van der Waals surface area contributed by atoms with Crippen LogP contribution in [0.25, 0.3) is 10.8 Å². The van der Waals surface area contributed by atoms with E-state index in [9.17, 15) is 0 Å². The number of nitrogens with zero attached hydrogens (tertiary/aromatic N) is 6. The fourth-order valence-electron chi connectivity index (χ4n) is 12.3. The molecule has 0 saturated carbocycles. The molecule has 0 bridgehead atoms. The number of pyridine rings is 2. The second-order valence-corrected chi connectivity index (χ2v) is 28.1. The molecule has 0 amide bonds. The largest absolute Gasteiger partial charge is 0.296 e. The van der Waals surface area contributed by atoms with Crippen LogP contribution in [-0.4, -0.2) is 16.7 Å². The van der Waals surface area contributed by atoms with Crippen LogP contribution in [0.1, 0.15) is 132 Å². The van der Waals surface area contributed by atoms with Crippen molar-refractivity contribution in [2.75, 3.05) is 19.6 Å². The number of anilines is 12. The molecule has 8 aromatic carbocycles. The van der Waals surface area contributed by atoms with Crippen molar-refractivity contribution in [3.63, 3.8) is 0 Å². The van der Waals surface area contributed by atoms with Gasteiger partial charge in [-0.15, -0.1) is 0 Å². The van der Waals surface area contributed by atoms with Crippen LogP contribution >= 0.6 is 0 Å².